The van der Waals surface area contributed by atoms with Crippen LogP contribution in [0.3, 0.4) is 0 Å². The van der Waals surface area contributed by atoms with Crippen molar-refractivity contribution >= 4 is 23.5 Å². The van der Waals surface area contributed by atoms with Crippen molar-refractivity contribution in [2.75, 3.05) is 24.7 Å². The molecule has 5 rings (SSSR count). The molecule has 0 radical (unpaired) electrons. The minimum Gasteiger partial charge on any atom is -0.486 e. The Morgan fingerprint density at radius 3 is 2.74 bits per heavy atom. The SMILES string of the molecule is CCOC(=O)c1cnn2cc3c(nc12)N(Cc1cc(F)cc2c1OC(C)(CNC(=O)OC(C)(C)C)C2)[C@H](C(F)F)CO3. The zero-order valence-electron chi connectivity index (χ0n) is 23.9. The lowest BCUT2D eigenvalue weighted by Crippen LogP contribution is -2.48. The zero-order chi connectivity index (χ0) is 30.4. The summed E-state index contributed by atoms with van der Waals surface area (Å²) in [5, 5.41) is 6.80. The lowest BCUT2D eigenvalue weighted by atomic mass is 9.98. The van der Waals surface area contributed by atoms with Gasteiger partial charge in [-0.25, -0.2) is 32.3 Å². The summed E-state index contributed by atoms with van der Waals surface area (Å²) < 4.78 is 67.0. The van der Waals surface area contributed by atoms with Crippen molar-refractivity contribution in [3.63, 3.8) is 0 Å². The molecule has 11 nitrogen and oxygen atoms in total. The van der Waals surface area contributed by atoms with E-state index >= 15 is 0 Å². The van der Waals surface area contributed by atoms with Gasteiger partial charge in [0.15, 0.2) is 17.2 Å². The largest absolute Gasteiger partial charge is 0.486 e. The molecule has 42 heavy (non-hydrogen) atoms. The molecule has 1 amide bonds. The van der Waals surface area contributed by atoms with Crippen molar-refractivity contribution in [2.45, 2.75) is 71.3 Å². The van der Waals surface area contributed by atoms with E-state index in [2.05, 4.69) is 15.4 Å². The summed E-state index contributed by atoms with van der Waals surface area (Å²) in [7, 11) is 0. The summed E-state index contributed by atoms with van der Waals surface area (Å²) in [6.45, 7) is 8.26. The monoisotopic (exact) mass is 591 g/mol. The first-order chi connectivity index (χ1) is 19.8. The number of rotatable bonds is 7. The molecule has 2 atom stereocenters. The maximum absolute atomic E-state index is 14.8. The van der Waals surface area contributed by atoms with Gasteiger partial charge in [0.1, 0.15) is 41.0 Å². The molecule has 14 heteroatoms. The van der Waals surface area contributed by atoms with Crippen molar-refractivity contribution in [1.82, 2.24) is 19.9 Å². The molecule has 3 aromatic rings. The third kappa shape index (κ3) is 5.88. The second-order valence-corrected chi connectivity index (χ2v) is 11.5. The van der Waals surface area contributed by atoms with Crippen LogP contribution in [0.5, 0.6) is 11.5 Å². The van der Waals surface area contributed by atoms with Gasteiger partial charge in [-0.3, -0.25) is 0 Å². The second kappa shape index (κ2) is 10.9. The number of esters is 1. The van der Waals surface area contributed by atoms with Gasteiger partial charge in [-0.05, 0) is 46.8 Å². The Morgan fingerprint density at radius 2 is 2.05 bits per heavy atom. The third-order valence-electron chi connectivity index (χ3n) is 6.78. The number of hydrogen-bond acceptors (Lipinski definition) is 9. The van der Waals surface area contributed by atoms with Gasteiger partial charge in [0, 0.05) is 24.1 Å². The van der Waals surface area contributed by atoms with E-state index in [0.717, 1.165) is 0 Å². The molecule has 0 fully saturated rings. The summed E-state index contributed by atoms with van der Waals surface area (Å²) in [6, 6.07) is 1.13. The van der Waals surface area contributed by atoms with E-state index in [9.17, 15) is 22.8 Å². The Morgan fingerprint density at radius 1 is 1.29 bits per heavy atom. The highest BCUT2D eigenvalue weighted by Gasteiger charge is 2.40. The molecule has 1 aromatic carbocycles. The second-order valence-electron chi connectivity index (χ2n) is 11.5. The Labute approximate surface area is 239 Å². The van der Waals surface area contributed by atoms with Crippen molar-refractivity contribution in [3.05, 3.63) is 47.0 Å². The lowest BCUT2D eigenvalue weighted by molar-refractivity contribution is 0.0447. The number of alkyl carbamates (subject to hydrolysis) is 1. The molecule has 4 heterocycles. The number of ether oxygens (including phenoxy) is 4. The normalized spacial score (nSPS) is 19.6. The third-order valence-corrected chi connectivity index (χ3v) is 6.78. The molecule has 0 aliphatic carbocycles. The summed E-state index contributed by atoms with van der Waals surface area (Å²) in [6.07, 6.45) is -0.477. The Hall–Kier alpha value is -4.23. The smallest absolute Gasteiger partial charge is 0.407 e. The fourth-order valence-electron chi connectivity index (χ4n) is 5.00. The average Bonchev–Trinajstić information content (AvgIpc) is 3.46. The van der Waals surface area contributed by atoms with Crippen molar-refractivity contribution in [3.8, 4) is 11.5 Å². The number of halogens is 3. The van der Waals surface area contributed by atoms with Crippen LogP contribution in [-0.2, 0) is 22.4 Å². The number of aromatic nitrogens is 3. The predicted molar refractivity (Wildman–Crippen MR) is 144 cm³/mol. The topological polar surface area (TPSA) is 117 Å². The van der Waals surface area contributed by atoms with Crippen LogP contribution in [0, 0.1) is 5.82 Å². The van der Waals surface area contributed by atoms with E-state index in [0.29, 0.717) is 16.9 Å². The van der Waals surface area contributed by atoms with E-state index in [1.165, 1.54) is 33.9 Å². The molecule has 2 aromatic heterocycles. The minimum atomic E-state index is -2.84. The van der Waals surface area contributed by atoms with Gasteiger partial charge in [0.05, 0.1) is 25.5 Å². The number of carbonyl (C=O) groups excluding carboxylic acids is 2. The number of carbonyl (C=O) groups is 2. The molecule has 2 aliphatic rings. The number of nitrogens with one attached hydrogen (secondary N) is 1. The number of nitrogens with zero attached hydrogens (tertiary/aromatic N) is 4. The number of fused-ring (bicyclic) bond motifs is 3. The van der Waals surface area contributed by atoms with E-state index in [4.69, 9.17) is 18.9 Å². The Bertz CT molecular complexity index is 1520. The number of anilines is 1. The molecule has 0 saturated carbocycles. The maximum Gasteiger partial charge on any atom is 0.407 e. The molecule has 226 valence electrons. The molecule has 0 saturated heterocycles. The van der Waals surface area contributed by atoms with Gasteiger partial charge >= 0.3 is 12.1 Å². The van der Waals surface area contributed by atoms with Crippen molar-refractivity contribution in [1.29, 1.82) is 0 Å². The highest BCUT2D eigenvalue weighted by molar-refractivity contribution is 5.96. The average molecular weight is 592 g/mol. The number of alkyl halides is 2. The summed E-state index contributed by atoms with van der Waals surface area (Å²) in [5.41, 5.74) is -0.637. The molecular formula is C28H32F3N5O6. The highest BCUT2D eigenvalue weighted by Crippen LogP contribution is 2.42. The zero-order valence-corrected chi connectivity index (χ0v) is 23.9. The van der Waals surface area contributed by atoms with Crippen LogP contribution in [0.2, 0.25) is 0 Å². The van der Waals surface area contributed by atoms with E-state index < -0.39 is 41.5 Å². The summed E-state index contributed by atoms with van der Waals surface area (Å²) in [4.78, 5) is 30.5. The van der Waals surface area contributed by atoms with Crippen LogP contribution in [0.4, 0.5) is 23.8 Å². The number of hydrogen-bond donors (Lipinski definition) is 1. The molecular weight excluding hydrogens is 559 g/mol. The van der Waals surface area contributed by atoms with Gasteiger partial charge in [0.25, 0.3) is 6.43 Å². The van der Waals surface area contributed by atoms with Crippen LogP contribution in [0.25, 0.3) is 5.65 Å². The molecule has 0 bridgehead atoms. The van der Waals surface area contributed by atoms with Crippen LogP contribution in [0.1, 0.15) is 56.1 Å². The standard InChI is InChI=1S/C28H32F3N5O6/c1-6-39-25(37)18-10-33-36-12-20-24(34-23(18)36)35(19(13-40-20)22(30)31)11-16-8-17(29)7-15-9-28(5,41-21(15)16)14-32-26(38)42-27(2,3)4/h7-8,10,12,19,22H,6,9,11,13-14H2,1-5H3,(H,32,38)/t19-,28?/m0/s1. The van der Waals surface area contributed by atoms with Gasteiger partial charge in [-0.15, -0.1) is 0 Å². The Balaban J connectivity index is 1.47. The van der Waals surface area contributed by atoms with Crippen LogP contribution >= 0.6 is 0 Å². The predicted octanol–water partition coefficient (Wildman–Crippen LogP) is 4.30. The fourth-order valence-corrected chi connectivity index (χ4v) is 5.00. The van der Waals surface area contributed by atoms with Crippen molar-refractivity contribution < 1.29 is 41.7 Å². The first-order valence-corrected chi connectivity index (χ1v) is 13.5. The maximum atomic E-state index is 14.8. The van der Waals surface area contributed by atoms with E-state index in [-0.39, 0.29) is 55.5 Å². The number of amides is 1. The van der Waals surface area contributed by atoms with E-state index in [1.807, 2.05) is 0 Å². The fraction of sp³-hybridized carbons (Fsp3) is 0.500. The molecule has 1 unspecified atom stereocenters. The molecule has 1 N–H and O–H groups in total. The number of benzene rings is 1. The van der Waals surface area contributed by atoms with Crippen LogP contribution in [0.15, 0.2) is 24.5 Å². The van der Waals surface area contributed by atoms with E-state index in [1.54, 1.807) is 34.6 Å². The molecule has 2 aliphatic heterocycles. The lowest BCUT2D eigenvalue weighted by Gasteiger charge is -2.37. The van der Waals surface area contributed by atoms with Gasteiger partial charge in [0.2, 0.25) is 0 Å². The van der Waals surface area contributed by atoms with Crippen LogP contribution < -0.4 is 19.7 Å². The van der Waals surface area contributed by atoms with Crippen LogP contribution in [-0.4, -0.2) is 70.1 Å². The molecule has 0 spiro atoms. The summed E-state index contributed by atoms with van der Waals surface area (Å²) >= 11 is 0. The highest BCUT2D eigenvalue weighted by atomic mass is 19.3. The minimum absolute atomic E-state index is 0.0375. The Kier molecular flexibility index (Phi) is 7.58. The van der Waals surface area contributed by atoms with Crippen molar-refractivity contribution in [2.24, 2.45) is 0 Å². The first-order valence-electron chi connectivity index (χ1n) is 13.5. The van der Waals surface area contributed by atoms with Gasteiger partial charge in [-0.1, -0.05) is 0 Å². The summed E-state index contributed by atoms with van der Waals surface area (Å²) in [5.74, 6) is -0.691. The first kappa shape index (κ1) is 29.3. The van der Waals surface area contributed by atoms with Gasteiger partial charge in [-0.2, -0.15) is 5.10 Å². The quantitative estimate of drug-likeness (QED) is 0.402. The van der Waals surface area contributed by atoms with Gasteiger partial charge < -0.3 is 29.2 Å².